The summed E-state index contributed by atoms with van der Waals surface area (Å²) in [5.74, 6) is 3.52. The van der Waals surface area contributed by atoms with Crippen LogP contribution in [0.2, 0.25) is 0 Å². The number of para-hydroxylation sites is 1. The molecular weight excluding hydrogens is 226 g/mol. The highest BCUT2D eigenvalue weighted by atomic mass is 16.5. The van der Waals surface area contributed by atoms with Crippen LogP contribution in [0.3, 0.4) is 0 Å². The minimum absolute atomic E-state index is 0.562. The van der Waals surface area contributed by atoms with Crippen LogP contribution in [-0.2, 0) is 11.3 Å². The molecule has 0 radical (unpaired) electrons. The number of terminal acetylenes is 1. The van der Waals surface area contributed by atoms with Crippen molar-refractivity contribution < 1.29 is 9.47 Å². The molecule has 0 atom stereocenters. The van der Waals surface area contributed by atoms with Gasteiger partial charge in [0.2, 0.25) is 0 Å². The Bertz CT molecular complexity index is 396. The summed E-state index contributed by atoms with van der Waals surface area (Å²) in [6.07, 6.45) is 5.86. The van der Waals surface area contributed by atoms with Crippen molar-refractivity contribution in [2.75, 3.05) is 26.9 Å². The van der Waals surface area contributed by atoms with Gasteiger partial charge < -0.3 is 14.8 Å². The molecule has 3 nitrogen and oxygen atoms in total. The number of hydrogen-bond acceptors (Lipinski definition) is 3. The Morgan fingerprint density at radius 2 is 2.17 bits per heavy atom. The molecule has 0 amide bonds. The maximum Gasteiger partial charge on any atom is 0.126 e. The summed E-state index contributed by atoms with van der Waals surface area (Å²) in [6, 6.07) is 6.15. The van der Waals surface area contributed by atoms with Crippen LogP contribution in [0.25, 0.3) is 0 Å². The zero-order valence-corrected chi connectivity index (χ0v) is 11.2. The molecule has 0 aliphatic rings. The zero-order chi connectivity index (χ0) is 13.2. The Balaban J connectivity index is 2.59. The van der Waals surface area contributed by atoms with Gasteiger partial charge in [-0.1, -0.05) is 18.2 Å². The Labute approximate surface area is 109 Å². The lowest BCUT2D eigenvalue weighted by molar-refractivity contribution is 0.199. The van der Waals surface area contributed by atoms with Crippen LogP contribution in [0.15, 0.2) is 18.2 Å². The predicted molar refractivity (Wildman–Crippen MR) is 73.7 cm³/mol. The van der Waals surface area contributed by atoms with E-state index in [1.54, 1.807) is 7.11 Å². The van der Waals surface area contributed by atoms with Crippen LogP contribution in [0.5, 0.6) is 5.75 Å². The first-order valence-electron chi connectivity index (χ1n) is 6.14. The molecule has 1 N–H and O–H groups in total. The fraction of sp³-hybridized carbons (Fsp3) is 0.467. The first-order chi connectivity index (χ1) is 8.79. The summed E-state index contributed by atoms with van der Waals surface area (Å²) in [5.41, 5.74) is 2.29. The minimum atomic E-state index is 0.562. The molecule has 0 saturated carbocycles. The number of hydrogen-bond donors (Lipinski definition) is 1. The van der Waals surface area contributed by atoms with E-state index in [1.807, 2.05) is 19.1 Å². The highest BCUT2D eigenvalue weighted by molar-refractivity contribution is 5.40. The third kappa shape index (κ3) is 4.79. The quantitative estimate of drug-likeness (QED) is 0.564. The van der Waals surface area contributed by atoms with Crippen molar-refractivity contribution in [3.05, 3.63) is 29.3 Å². The predicted octanol–water partition coefficient (Wildman–Crippen LogP) is 2.13. The fourth-order valence-corrected chi connectivity index (χ4v) is 1.67. The normalized spacial score (nSPS) is 10.1. The van der Waals surface area contributed by atoms with Gasteiger partial charge in [0.1, 0.15) is 5.75 Å². The van der Waals surface area contributed by atoms with Crippen molar-refractivity contribution in [2.24, 2.45) is 0 Å². The topological polar surface area (TPSA) is 30.5 Å². The van der Waals surface area contributed by atoms with E-state index in [0.29, 0.717) is 19.6 Å². The maximum absolute atomic E-state index is 5.75. The number of benzene rings is 1. The van der Waals surface area contributed by atoms with E-state index in [0.717, 1.165) is 30.0 Å². The maximum atomic E-state index is 5.75. The molecule has 98 valence electrons. The molecule has 0 aliphatic heterocycles. The van der Waals surface area contributed by atoms with Crippen LogP contribution >= 0.6 is 0 Å². The first kappa shape index (κ1) is 14.6. The van der Waals surface area contributed by atoms with Gasteiger partial charge in [0.25, 0.3) is 0 Å². The number of methoxy groups -OCH3 is 1. The van der Waals surface area contributed by atoms with Gasteiger partial charge in [-0.2, -0.15) is 0 Å². The molecule has 0 aliphatic carbocycles. The summed E-state index contributed by atoms with van der Waals surface area (Å²) in [4.78, 5) is 0. The van der Waals surface area contributed by atoms with Gasteiger partial charge in [-0.25, -0.2) is 0 Å². The lowest BCUT2D eigenvalue weighted by Crippen LogP contribution is -2.19. The average Bonchev–Trinajstić information content (AvgIpc) is 2.37. The highest BCUT2D eigenvalue weighted by Gasteiger charge is 2.06. The number of aryl methyl sites for hydroxylation is 1. The smallest absolute Gasteiger partial charge is 0.126 e. The van der Waals surface area contributed by atoms with Gasteiger partial charge in [-0.05, 0) is 12.5 Å². The molecule has 0 spiro atoms. The summed E-state index contributed by atoms with van der Waals surface area (Å²) in [7, 11) is 1.70. The van der Waals surface area contributed by atoms with Crippen molar-refractivity contribution in [1.29, 1.82) is 0 Å². The lowest BCUT2D eigenvalue weighted by atomic mass is 10.1. The van der Waals surface area contributed by atoms with Crippen molar-refractivity contribution in [3.63, 3.8) is 0 Å². The summed E-state index contributed by atoms with van der Waals surface area (Å²) in [6.45, 7) is 4.92. The molecule has 0 saturated heterocycles. The van der Waals surface area contributed by atoms with E-state index >= 15 is 0 Å². The fourth-order valence-electron chi connectivity index (χ4n) is 1.67. The molecule has 0 fully saturated rings. The molecule has 1 rings (SSSR count). The van der Waals surface area contributed by atoms with Gasteiger partial charge in [-0.3, -0.25) is 0 Å². The number of ether oxygens (including phenoxy) is 2. The summed E-state index contributed by atoms with van der Waals surface area (Å²) >= 11 is 0. The second-order valence-corrected chi connectivity index (χ2v) is 4.04. The van der Waals surface area contributed by atoms with E-state index < -0.39 is 0 Å². The van der Waals surface area contributed by atoms with Crippen molar-refractivity contribution >= 4 is 0 Å². The van der Waals surface area contributed by atoms with E-state index in [2.05, 4.69) is 17.3 Å². The Kier molecular flexibility index (Phi) is 6.93. The third-order valence-corrected chi connectivity index (χ3v) is 2.58. The average molecular weight is 247 g/mol. The largest absolute Gasteiger partial charge is 0.492 e. The Morgan fingerprint density at radius 3 is 2.89 bits per heavy atom. The van der Waals surface area contributed by atoms with E-state index in [1.165, 1.54) is 0 Å². The van der Waals surface area contributed by atoms with Gasteiger partial charge in [0.05, 0.1) is 13.2 Å². The lowest BCUT2D eigenvalue weighted by Gasteiger charge is -2.14. The molecule has 1 aromatic carbocycles. The SMILES string of the molecule is C#CCCOc1c(C)cccc1CNCCOC. The van der Waals surface area contributed by atoms with Crippen LogP contribution in [-0.4, -0.2) is 26.9 Å². The van der Waals surface area contributed by atoms with E-state index in [4.69, 9.17) is 15.9 Å². The highest BCUT2D eigenvalue weighted by Crippen LogP contribution is 2.23. The summed E-state index contributed by atoms with van der Waals surface area (Å²) in [5, 5.41) is 3.32. The van der Waals surface area contributed by atoms with Gasteiger partial charge in [-0.15, -0.1) is 12.3 Å². The molecule has 0 heterocycles. The molecule has 0 bridgehead atoms. The third-order valence-electron chi connectivity index (χ3n) is 2.58. The molecule has 18 heavy (non-hydrogen) atoms. The van der Waals surface area contributed by atoms with Crippen molar-refractivity contribution in [1.82, 2.24) is 5.32 Å². The van der Waals surface area contributed by atoms with Gasteiger partial charge in [0, 0.05) is 32.2 Å². The minimum Gasteiger partial charge on any atom is -0.492 e. The zero-order valence-electron chi connectivity index (χ0n) is 11.2. The summed E-state index contributed by atoms with van der Waals surface area (Å²) < 4.78 is 10.7. The monoisotopic (exact) mass is 247 g/mol. The van der Waals surface area contributed by atoms with Gasteiger partial charge >= 0.3 is 0 Å². The van der Waals surface area contributed by atoms with E-state index in [-0.39, 0.29) is 0 Å². The number of nitrogens with one attached hydrogen (secondary N) is 1. The Hall–Kier alpha value is -1.50. The van der Waals surface area contributed by atoms with E-state index in [9.17, 15) is 0 Å². The van der Waals surface area contributed by atoms with Crippen LogP contribution < -0.4 is 10.1 Å². The molecular formula is C15H21NO2. The second-order valence-electron chi connectivity index (χ2n) is 4.04. The van der Waals surface area contributed by atoms with Crippen LogP contribution in [0, 0.1) is 19.3 Å². The Morgan fingerprint density at radius 1 is 1.33 bits per heavy atom. The molecule has 3 heteroatoms. The van der Waals surface area contributed by atoms with Crippen LogP contribution in [0.4, 0.5) is 0 Å². The second kappa shape index (κ2) is 8.57. The van der Waals surface area contributed by atoms with Crippen molar-refractivity contribution in [3.8, 4) is 18.1 Å². The van der Waals surface area contributed by atoms with Crippen molar-refractivity contribution in [2.45, 2.75) is 19.9 Å². The first-order valence-corrected chi connectivity index (χ1v) is 6.14. The molecule has 0 aromatic heterocycles. The molecule has 1 aromatic rings. The molecule has 0 unspecified atom stereocenters. The van der Waals surface area contributed by atoms with Gasteiger partial charge in [0.15, 0.2) is 0 Å². The number of rotatable bonds is 8. The standard InChI is InChI=1S/C15H21NO2/c1-4-5-10-18-15-13(2)7-6-8-14(15)12-16-9-11-17-3/h1,6-8,16H,5,9-12H2,2-3H3. The van der Waals surface area contributed by atoms with Crippen LogP contribution in [0.1, 0.15) is 17.5 Å².